The van der Waals surface area contributed by atoms with Gasteiger partial charge in [-0.25, -0.2) is 0 Å². The molecule has 2 atom stereocenters. The molecule has 43 heavy (non-hydrogen) atoms. The van der Waals surface area contributed by atoms with Crippen LogP contribution in [0.3, 0.4) is 0 Å². The number of carbonyl (C=O) groups is 2. The van der Waals surface area contributed by atoms with Gasteiger partial charge >= 0.3 is 11.9 Å². The summed E-state index contributed by atoms with van der Waals surface area (Å²) in [6.45, 7) is 4.96. The third-order valence-electron chi connectivity index (χ3n) is 8.70. The van der Waals surface area contributed by atoms with Crippen LogP contribution in [0.25, 0.3) is 0 Å². The van der Waals surface area contributed by atoms with Crippen LogP contribution < -0.4 is 0 Å². The lowest BCUT2D eigenvalue weighted by Crippen LogP contribution is -2.20. The highest BCUT2D eigenvalue weighted by molar-refractivity contribution is 5.66. The molecule has 0 aliphatic carbocycles. The van der Waals surface area contributed by atoms with E-state index in [0.717, 1.165) is 64.2 Å². The molecule has 0 aromatic carbocycles. The molecular formula is C37H72O6. The van der Waals surface area contributed by atoms with Crippen molar-refractivity contribution in [2.75, 3.05) is 6.79 Å². The van der Waals surface area contributed by atoms with Gasteiger partial charge in [0.25, 0.3) is 0 Å². The first-order valence-corrected chi connectivity index (χ1v) is 18.7. The third kappa shape index (κ3) is 33.6. The molecule has 0 saturated heterocycles. The molecule has 0 aromatic rings. The van der Waals surface area contributed by atoms with Crippen LogP contribution in [-0.2, 0) is 19.1 Å². The van der Waals surface area contributed by atoms with E-state index in [9.17, 15) is 9.59 Å². The topological polar surface area (TPSA) is 93.1 Å². The molecule has 0 spiro atoms. The lowest BCUT2D eigenvalue weighted by Gasteiger charge is -2.22. The molecule has 0 saturated carbocycles. The van der Waals surface area contributed by atoms with Crippen molar-refractivity contribution in [1.82, 2.24) is 0 Å². The highest BCUT2D eigenvalue weighted by Gasteiger charge is 2.13. The van der Waals surface area contributed by atoms with Crippen LogP contribution in [0.2, 0.25) is 0 Å². The van der Waals surface area contributed by atoms with E-state index in [0.29, 0.717) is 31.8 Å². The predicted octanol–water partition coefficient (Wildman–Crippen LogP) is 11.6. The molecule has 0 aliphatic rings. The van der Waals surface area contributed by atoms with Gasteiger partial charge < -0.3 is 19.7 Å². The number of hydrogen-bond acceptors (Lipinski definition) is 4. The van der Waals surface area contributed by atoms with Crippen LogP contribution in [-0.4, -0.2) is 41.2 Å². The summed E-state index contributed by atoms with van der Waals surface area (Å²) in [4.78, 5) is 21.2. The van der Waals surface area contributed by atoms with Crippen LogP contribution in [0.15, 0.2) is 0 Å². The number of carboxylic acids is 2. The van der Waals surface area contributed by atoms with Crippen LogP contribution in [0.5, 0.6) is 0 Å². The first-order chi connectivity index (χ1) is 21.0. The van der Waals surface area contributed by atoms with E-state index in [1.807, 2.05) is 0 Å². The first-order valence-electron chi connectivity index (χ1n) is 18.7. The number of hydrogen-bond donors (Lipinski definition) is 2. The predicted molar refractivity (Wildman–Crippen MR) is 180 cm³/mol. The molecular weight excluding hydrogens is 540 g/mol. The molecule has 0 aliphatic heterocycles. The lowest BCUT2D eigenvalue weighted by atomic mass is 10.0. The molecule has 2 unspecified atom stereocenters. The fraction of sp³-hybridized carbons (Fsp3) is 0.946. The van der Waals surface area contributed by atoms with Crippen LogP contribution >= 0.6 is 0 Å². The number of carboxylic acid groups (broad SMARTS) is 2. The summed E-state index contributed by atoms with van der Waals surface area (Å²) in [7, 11) is 0. The van der Waals surface area contributed by atoms with Crippen molar-refractivity contribution in [2.24, 2.45) is 0 Å². The van der Waals surface area contributed by atoms with Gasteiger partial charge in [-0.3, -0.25) is 9.59 Å². The zero-order valence-electron chi connectivity index (χ0n) is 28.6. The zero-order chi connectivity index (χ0) is 31.6. The molecule has 2 N–H and O–H groups in total. The standard InChI is InChI=1S/C37H72O6/c1-3-5-7-21-27-34(29-23-17-13-9-11-15-19-25-31-36(38)39)42-33-43-35(28-22-8-6-4-2)30-24-18-14-10-12-16-20-26-32-37(40)41/h34-35H,3-33H2,1-2H3,(H,38,39)(H,40,41). The summed E-state index contributed by atoms with van der Waals surface area (Å²) < 4.78 is 12.7. The Morgan fingerprint density at radius 2 is 0.674 bits per heavy atom. The minimum atomic E-state index is -0.676. The van der Waals surface area contributed by atoms with Gasteiger partial charge in [-0.05, 0) is 38.5 Å². The Hall–Kier alpha value is -1.14. The molecule has 0 bridgehead atoms. The molecule has 256 valence electrons. The Bertz CT molecular complexity index is 546. The molecule has 0 fully saturated rings. The fourth-order valence-electron chi connectivity index (χ4n) is 5.87. The highest BCUT2D eigenvalue weighted by atomic mass is 16.7. The van der Waals surface area contributed by atoms with E-state index in [1.54, 1.807) is 0 Å². The van der Waals surface area contributed by atoms with Gasteiger partial charge in [0.05, 0.1) is 12.2 Å². The Labute approximate surface area is 266 Å². The number of aliphatic carboxylic acids is 2. The molecule has 0 radical (unpaired) electrons. The highest BCUT2D eigenvalue weighted by Crippen LogP contribution is 2.20. The molecule has 6 nitrogen and oxygen atoms in total. The van der Waals surface area contributed by atoms with E-state index in [-0.39, 0.29) is 0 Å². The van der Waals surface area contributed by atoms with E-state index in [2.05, 4.69) is 13.8 Å². The fourth-order valence-corrected chi connectivity index (χ4v) is 5.87. The smallest absolute Gasteiger partial charge is 0.303 e. The van der Waals surface area contributed by atoms with E-state index >= 15 is 0 Å². The van der Waals surface area contributed by atoms with Crippen LogP contribution in [0.1, 0.15) is 206 Å². The normalized spacial score (nSPS) is 12.9. The van der Waals surface area contributed by atoms with Gasteiger partial charge in [0.2, 0.25) is 0 Å². The first kappa shape index (κ1) is 41.9. The maximum absolute atomic E-state index is 10.6. The van der Waals surface area contributed by atoms with Crippen molar-refractivity contribution >= 4 is 11.9 Å². The summed E-state index contributed by atoms with van der Waals surface area (Å²) in [5.74, 6) is -1.35. The second-order valence-electron chi connectivity index (χ2n) is 12.9. The summed E-state index contributed by atoms with van der Waals surface area (Å²) in [6.07, 6.45) is 34.4. The summed E-state index contributed by atoms with van der Waals surface area (Å²) in [5.41, 5.74) is 0. The van der Waals surface area contributed by atoms with Crippen molar-refractivity contribution in [3.8, 4) is 0 Å². The van der Waals surface area contributed by atoms with Gasteiger partial charge in [-0.2, -0.15) is 0 Å². The van der Waals surface area contributed by atoms with Crippen molar-refractivity contribution in [2.45, 2.75) is 219 Å². The van der Waals surface area contributed by atoms with Gasteiger partial charge in [0.1, 0.15) is 6.79 Å². The average molecular weight is 613 g/mol. The Morgan fingerprint density at radius 3 is 0.953 bits per heavy atom. The Balaban J connectivity index is 4.29. The van der Waals surface area contributed by atoms with Crippen molar-refractivity contribution < 1.29 is 29.3 Å². The quantitative estimate of drug-likeness (QED) is 0.0540. The van der Waals surface area contributed by atoms with Crippen LogP contribution in [0.4, 0.5) is 0 Å². The molecule has 0 rings (SSSR count). The minimum Gasteiger partial charge on any atom is -0.481 e. The maximum Gasteiger partial charge on any atom is 0.303 e. The van der Waals surface area contributed by atoms with Crippen molar-refractivity contribution in [1.29, 1.82) is 0 Å². The second kappa shape index (κ2) is 33.7. The molecule has 0 aromatic heterocycles. The average Bonchev–Trinajstić information content (AvgIpc) is 2.98. The zero-order valence-corrected chi connectivity index (χ0v) is 28.6. The van der Waals surface area contributed by atoms with E-state index in [1.165, 1.54) is 116 Å². The maximum atomic E-state index is 10.6. The molecule has 6 heteroatoms. The SMILES string of the molecule is CCCCCCC(CCCCCCCCCCC(=O)O)OCOC(CCCCCC)CCCCCCCCCCC(=O)O. The van der Waals surface area contributed by atoms with E-state index < -0.39 is 11.9 Å². The lowest BCUT2D eigenvalue weighted by molar-refractivity contribution is -0.138. The second-order valence-corrected chi connectivity index (χ2v) is 12.9. The Morgan fingerprint density at radius 1 is 0.419 bits per heavy atom. The third-order valence-corrected chi connectivity index (χ3v) is 8.70. The largest absolute Gasteiger partial charge is 0.481 e. The number of ether oxygens (including phenoxy) is 2. The summed E-state index contributed by atoms with van der Waals surface area (Å²) in [5, 5.41) is 17.5. The summed E-state index contributed by atoms with van der Waals surface area (Å²) >= 11 is 0. The molecule has 0 amide bonds. The minimum absolute atomic E-state index is 0.308. The monoisotopic (exact) mass is 613 g/mol. The molecule has 0 heterocycles. The van der Waals surface area contributed by atoms with Crippen LogP contribution in [0, 0.1) is 0 Å². The number of unbranched alkanes of at least 4 members (excludes halogenated alkanes) is 20. The van der Waals surface area contributed by atoms with E-state index in [4.69, 9.17) is 19.7 Å². The van der Waals surface area contributed by atoms with Gasteiger partial charge in [-0.15, -0.1) is 0 Å². The van der Waals surface area contributed by atoms with Gasteiger partial charge in [-0.1, -0.05) is 155 Å². The van der Waals surface area contributed by atoms with Gasteiger partial charge in [0.15, 0.2) is 0 Å². The van der Waals surface area contributed by atoms with Crippen molar-refractivity contribution in [3.63, 3.8) is 0 Å². The van der Waals surface area contributed by atoms with Crippen molar-refractivity contribution in [3.05, 3.63) is 0 Å². The number of rotatable bonds is 36. The Kier molecular flexibility index (Phi) is 32.9. The van der Waals surface area contributed by atoms with Gasteiger partial charge in [0, 0.05) is 12.8 Å². The summed E-state index contributed by atoms with van der Waals surface area (Å²) in [6, 6.07) is 0.